The fourth-order valence-electron chi connectivity index (χ4n) is 3.13. The second kappa shape index (κ2) is 10.6. The Hall–Kier alpha value is -2.87. The van der Waals surface area contributed by atoms with Gasteiger partial charge in [0.25, 0.3) is 5.91 Å². The molecule has 0 radical (unpaired) electrons. The van der Waals surface area contributed by atoms with Crippen LogP contribution in [0, 0.1) is 5.92 Å². The average Bonchev–Trinajstić information content (AvgIpc) is 3.26. The average molecular weight is 416 g/mol. The number of likely N-dealkylation sites (tertiary alicyclic amines) is 1. The van der Waals surface area contributed by atoms with Crippen LogP contribution in [0.4, 0.5) is 10.5 Å². The highest BCUT2D eigenvalue weighted by molar-refractivity contribution is 7.09. The van der Waals surface area contributed by atoms with Crippen LogP contribution in [0.5, 0.6) is 0 Å². The lowest BCUT2D eigenvalue weighted by molar-refractivity contribution is -0.153. The van der Waals surface area contributed by atoms with E-state index in [4.69, 9.17) is 4.74 Å². The zero-order valence-electron chi connectivity index (χ0n) is 16.1. The van der Waals surface area contributed by atoms with E-state index in [0.717, 1.165) is 12.1 Å². The lowest BCUT2D eigenvalue weighted by Gasteiger charge is -2.30. The molecule has 1 aromatic heterocycles. The molecule has 1 saturated heterocycles. The fraction of sp³-hybridized carbons (Fsp3) is 0.381. The number of anilines is 1. The Morgan fingerprint density at radius 2 is 1.83 bits per heavy atom. The van der Waals surface area contributed by atoms with Gasteiger partial charge in [0, 0.05) is 30.2 Å². The lowest BCUT2D eigenvalue weighted by Crippen LogP contribution is -2.43. The Morgan fingerprint density at radius 3 is 2.52 bits per heavy atom. The van der Waals surface area contributed by atoms with Gasteiger partial charge in [-0.3, -0.25) is 9.59 Å². The third kappa shape index (κ3) is 6.60. The number of piperidine rings is 1. The maximum atomic E-state index is 12.3. The molecule has 29 heavy (non-hydrogen) atoms. The monoisotopic (exact) mass is 415 g/mol. The first kappa shape index (κ1) is 20.9. The Morgan fingerprint density at radius 1 is 1.07 bits per heavy atom. The van der Waals surface area contributed by atoms with Crippen molar-refractivity contribution in [2.24, 2.45) is 5.92 Å². The Labute approximate surface area is 174 Å². The molecular weight excluding hydrogens is 390 g/mol. The van der Waals surface area contributed by atoms with Gasteiger partial charge in [-0.2, -0.15) is 0 Å². The first-order valence-electron chi connectivity index (χ1n) is 9.68. The molecule has 1 aliphatic heterocycles. The number of para-hydroxylation sites is 1. The predicted molar refractivity (Wildman–Crippen MR) is 112 cm³/mol. The normalized spacial score (nSPS) is 14.3. The molecule has 2 N–H and O–H groups in total. The molecule has 1 aliphatic rings. The number of amides is 3. The van der Waals surface area contributed by atoms with Gasteiger partial charge >= 0.3 is 12.0 Å². The number of carbonyl (C=O) groups excluding carboxylic acids is 3. The summed E-state index contributed by atoms with van der Waals surface area (Å²) in [4.78, 5) is 39.2. The van der Waals surface area contributed by atoms with E-state index in [1.807, 2.05) is 47.8 Å². The first-order valence-corrected chi connectivity index (χ1v) is 10.6. The van der Waals surface area contributed by atoms with Crippen molar-refractivity contribution in [2.45, 2.75) is 19.3 Å². The molecule has 0 aliphatic carbocycles. The summed E-state index contributed by atoms with van der Waals surface area (Å²) in [6.07, 6.45) is 1.82. The van der Waals surface area contributed by atoms with Crippen molar-refractivity contribution in [1.82, 2.24) is 10.2 Å². The van der Waals surface area contributed by atoms with Gasteiger partial charge in [-0.1, -0.05) is 24.3 Å². The molecule has 1 aromatic carbocycles. The molecule has 0 bridgehead atoms. The van der Waals surface area contributed by atoms with E-state index in [0.29, 0.717) is 32.5 Å². The summed E-state index contributed by atoms with van der Waals surface area (Å²) in [7, 11) is 0. The van der Waals surface area contributed by atoms with Crippen molar-refractivity contribution < 1.29 is 19.1 Å². The predicted octanol–water partition coefficient (Wildman–Crippen LogP) is 2.89. The van der Waals surface area contributed by atoms with E-state index in [9.17, 15) is 14.4 Å². The SMILES string of the molecule is O=C(COC(=O)C1CCN(C(=O)Nc2ccccc2)CC1)NCCc1cccs1. The van der Waals surface area contributed by atoms with Gasteiger partial charge in [-0.25, -0.2) is 4.79 Å². The molecule has 0 unspecified atom stereocenters. The molecule has 154 valence electrons. The summed E-state index contributed by atoms with van der Waals surface area (Å²) < 4.78 is 5.15. The number of esters is 1. The maximum absolute atomic E-state index is 12.3. The highest BCUT2D eigenvalue weighted by atomic mass is 32.1. The minimum atomic E-state index is -0.374. The Balaban J connectivity index is 1.32. The van der Waals surface area contributed by atoms with Gasteiger partial charge in [0.2, 0.25) is 0 Å². The number of thiophene rings is 1. The van der Waals surface area contributed by atoms with Crippen LogP contribution in [0.2, 0.25) is 0 Å². The van der Waals surface area contributed by atoms with Crippen molar-refractivity contribution in [3.05, 3.63) is 52.7 Å². The molecular formula is C21H25N3O4S. The number of carbonyl (C=O) groups is 3. The molecule has 3 rings (SSSR count). The van der Waals surface area contributed by atoms with E-state index in [1.165, 1.54) is 4.88 Å². The zero-order valence-corrected chi connectivity index (χ0v) is 17.0. The molecule has 2 heterocycles. The van der Waals surface area contributed by atoms with Crippen molar-refractivity contribution >= 4 is 34.9 Å². The quantitative estimate of drug-likeness (QED) is 0.681. The van der Waals surface area contributed by atoms with E-state index in [1.54, 1.807) is 16.2 Å². The molecule has 0 spiro atoms. The second-order valence-corrected chi connectivity index (χ2v) is 7.88. The number of urea groups is 1. The number of benzene rings is 1. The summed E-state index contributed by atoms with van der Waals surface area (Å²) >= 11 is 1.64. The summed E-state index contributed by atoms with van der Waals surface area (Å²) in [5.41, 5.74) is 0.740. The van der Waals surface area contributed by atoms with E-state index in [2.05, 4.69) is 10.6 Å². The molecule has 2 aromatic rings. The standard InChI is InChI=1S/C21H25N3O4S/c25-19(22-11-8-18-7-4-14-29-18)15-28-20(26)16-9-12-24(13-10-16)21(27)23-17-5-2-1-3-6-17/h1-7,14,16H,8-13,15H2,(H,22,25)(H,23,27). The van der Waals surface area contributed by atoms with Gasteiger partial charge in [-0.15, -0.1) is 11.3 Å². The van der Waals surface area contributed by atoms with Crippen molar-refractivity contribution in [2.75, 3.05) is 31.6 Å². The topological polar surface area (TPSA) is 87.7 Å². The van der Waals surface area contributed by atoms with Crippen molar-refractivity contribution in [1.29, 1.82) is 0 Å². The minimum absolute atomic E-state index is 0.173. The van der Waals surface area contributed by atoms with E-state index in [-0.39, 0.29) is 30.4 Å². The van der Waals surface area contributed by atoms with Crippen LogP contribution < -0.4 is 10.6 Å². The molecule has 8 heteroatoms. The maximum Gasteiger partial charge on any atom is 0.321 e. The zero-order chi connectivity index (χ0) is 20.5. The molecule has 0 saturated carbocycles. The van der Waals surface area contributed by atoms with Gasteiger partial charge in [0.05, 0.1) is 5.92 Å². The molecule has 1 fully saturated rings. The summed E-state index contributed by atoms with van der Waals surface area (Å²) in [6, 6.07) is 13.1. The van der Waals surface area contributed by atoms with E-state index < -0.39 is 0 Å². The van der Waals surface area contributed by atoms with Crippen LogP contribution in [0.3, 0.4) is 0 Å². The smallest absolute Gasteiger partial charge is 0.321 e. The number of hydrogen-bond acceptors (Lipinski definition) is 5. The van der Waals surface area contributed by atoms with Crippen LogP contribution in [0.1, 0.15) is 17.7 Å². The number of ether oxygens (including phenoxy) is 1. The van der Waals surface area contributed by atoms with Gasteiger partial charge in [0.15, 0.2) is 6.61 Å². The first-order chi connectivity index (χ1) is 14.1. The molecule has 0 atom stereocenters. The number of hydrogen-bond donors (Lipinski definition) is 2. The molecule has 7 nitrogen and oxygen atoms in total. The summed E-state index contributed by atoms with van der Waals surface area (Å²) in [5.74, 6) is -0.953. The lowest BCUT2D eigenvalue weighted by atomic mass is 9.97. The van der Waals surface area contributed by atoms with Gasteiger partial charge < -0.3 is 20.3 Å². The van der Waals surface area contributed by atoms with Crippen LogP contribution >= 0.6 is 11.3 Å². The van der Waals surface area contributed by atoms with Crippen molar-refractivity contribution in [3.8, 4) is 0 Å². The highest BCUT2D eigenvalue weighted by Crippen LogP contribution is 2.19. The van der Waals surface area contributed by atoms with Crippen LogP contribution in [0.15, 0.2) is 47.8 Å². The minimum Gasteiger partial charge on any atom is -0.455 e. The summed E-state index contributed by atoms with van der Waals surface area (Å²) in [6.45, 7) is 1.21. The van der Waals surface area contributed by atoms with Crippen LogP contribution in [0.25, 0.3) is 0 Å². The van der Waals surface area contributed by atoms with Gasteiger partial charge in [0.1, 0.15) is 0 Å². The number of rotatable bonds is 7. The van der Waals surface area contributed by atoms with Gasteiger partial charge in [-0.05, 0) is 42.8 Å². The Kier molecular flexibility index (Phi) is 7.63. The van der Waals surface area contributed by atoms with Crippen LogP contribution in [-0.4, -0.2) is 49.0 Å². The number of nitrogens with zero attached hydrogens (tertiary/aromatic N) is 1. The van der Waals surface area contributed by atoms with Crippen LogP contribution in [-0.2, 0) is 20.7 Å². The number of nitrogens with one attached hydrogen (secondary N) is 2. The third-order valence-corrected chi connectivity index (χ3v) is 5.70. The van der Waals surface area contributed by atoms with E-state index >= 15 is 0 Å². The van der Waals surface area contributed by atoms with Crippen molar-refractivity contribution in [3.63, 3.8) is 0 Å². The largest absolute Gasteiger partial charge is 0.455 e. The molecule has 3 amide bonds. The highest BCUT2D eigenvalue weighted by Gasteiger charge is 2.28. The second-order valence-electron chi connectivity index (χ2n) is 6.84. The fourth-order valence-corrected chi connectivity index (χ4v) is 3.84. The third-order valence-electron chi connectivity index (χ3n) is 4.76. The Bertz CT molecular complexity index is 803. The summed E-state index contributed by atoms with van der Waals surface area (Å²) in [5, 5.41) is 7.59.